The molecule has 0 aromatic heterocycles. The molecule has 0 heterocycles. The molecule has 0 unspecified atom stereocenters. The summed E-state index contributed by atoms with van der Waals surface area (Å²) in [5, 5.41) is 0. The number of anilines is 3. The van der Waals surface area contributed by atoms with E-state index in [1.54, 1.807) is 60.7 Å². The van der Waals surface area contributed by atoms with Crippen molar-refractivity contribution in [3.8, 4) is 55.6 Å². The number of benzene rings is 8. The van der Waals surface area contributed by atoms with E-state index < -0.39 is 24.2 Å². The first-order valence-corrected chi connectivity index (χ1v) is 16.1. The second kappa shape index (κ2) is 13.7. The Morgan fingerprint density at radius 3 is 1.06 bits per heavy atom. The molecule has 0 saturated heterocycles. The molecule has 0 atom stereocenters. The first-order valence-electron chi connectivity index (χ1n) is 20.1. The van der Waals surface area contributed by atoms with Crippen LogP contribution in [0.25, 0.3) is 55.6 Å². The van der Waals surface area contributed by atoms with E-state index in [1.807, 2.05) is 78.9 Å². The highest BCUT2D eigenvalue weighted by Crippen LogP contribution is 2.45. The zero-order valence-corrected chi connectivity index (χ0v) is 26.5. The predicted molar refractivity (Wildman–Crippen MR) is 208 cm³/mol. The highest BCUT2D eigenvalue weighted by Gasteiger charge is 2.20. The third-order valence-corrected chi connectivity index (χ3v) is 8.46. The largest absolute Gasteiger partial charge is 0.310 e. The minimum absolute atomic E-state index is 0.115. The fourth-order valence-electron chi connectivity index (χ4n) is 6.12. The van der Waals surface area contributed by atoms with Crippen LogP contribution in [0.4, 0.5) is 17.1 Å². The van der Waals surface area contributed by atoms with Crippen LogP contribution in [0.1, 0.15) is 11.0 Å². The van der Waals surface area contributed by atoms with E-state index in [4.69, 9.17) is 0 Å². The van der Waals surface area contributed by atoms with Gasteiger partial charge in [0.2, 0.25) is 0 Å². The number of hydrogen-bond acceptors (Lipinski definition) is 1. The van der Waals surface area contributed by atoms with Crippen LogP contribution in [0, 0.1) is 0 Å². The summed E-state index contributed by atoms with van der Waals surface area (Å²) in [6.07, 6.45) is 0. The van der Waals surface area contributed by atoms with Crippen molar-refractivity contribution in [1.29, 1.82) is 0 Å². The van der Waals surface area contributed by atoms with E-state index in [9.17, 15) is 11.0 Å². The Kier molecular flexibility index (Phi) is 6.22. The molecule has 0 fully saturated rings. The molecule has 8 aromatic rings. The highest BCUT2D eigenvalue weighted by molar-refractivity contribution is 5.97. The average molecular weight is 634 g/mol. The maximum Gasteiger partial charge on any atom is 0.0645 e. The molecule has 0 amide bonds. The van der Waals surface area contributed by atoms with Gasteiger partial charge in [-0.1, -0.05) is 182 Å². The Morgan fingerprint density at radius 2 is 0.592 bits per heavy atom. The highest BCUT2D eigenvalue weighted by atomic mass is 15.1. The Hall–Kier alpha value is -6.44. The molecule has 0 radical (unpaired) electrons. The van der Waals surface area contributed by atoms with Gasteiger partial charge in [-0.2, -0.15) is 0 Å². The summed E-state index contributed by atoms with van der Waals surface area (Å²) in [5.41, 5.74) is 6.45. The number of rotatable bonds is 8. The van der Waals surface area contributed by atoms with Crippen molar-refractivity contribution in [3.05, 3.63) is 212 Å². The number of nitrogens with zero attached hydrogens (tertiary/aromatic N) is 1. The van der Waals surface area contributed by atoms with Crippen LogP contribution in [0.2, 0.25) is 0 Å². The van der Waals surface area contributed by atoms with Gasteiger partial charge >= 0.3 is 0 Å². The summed E-state index contributed by atoms with van der Waals surface area (Å²) in [7, 11) is 0. The monoisotopic (exact) mass is 633 g/mol. The molecular weight excluding hydrogens is 591 g/mol. The summed E-state index contributed by atoms with van der Waals surface area (Å²) >= 11 is 0. The van der Waals surface area contributed by atoms with Gasteiger partial charge in [0, 0.05) is 16.9 Å². The van der Waals surface area contributed by atoms with E-state index >= 15 is 0 Å². The van der Waals surface area contributed by atoms with E-state index in [0.29, 0.717) is 22.4 Å². The van der Waals surface area contributed by atoms with Crippen molar-refractivity contribution in [2.24, 2.45) is 0 Å². The van der Waals surface area contributed by atoms with Crippen LogP contribution in [-0.2, 0) is 0 Å². The first kappa shape index (κ1) is 22.2. The maximum absolute atomic E-state index is 9.50. The molecule has 232 valence electrons. The van der Waals surface area contributed by atoms with Crippen molar-refractivity contribution in [1.82, 2.24) is 0 Å². The Morgan fingerprint density at radius 1 is 0.265 bits per heavy atom. The molecule has 0 bridgehead atoms. The van der Waals surface area contributed by atoms with Gasteiger partial charge in [0.25, 0.3) is 0 Å². The lowest BCUT2D eigenvalue weighted by Gasteiger charge is -2.29. The quantitative estimate of drug-likeness (QED) is 0.161. The molecular formula is C48H35N. The fourth-order valence-corrected chi connectivity index (χ4v) is 6.12. The zero-order valence-electron chi connectivity index (χ0n) is 34.5. The van der Waals surface area contributed by atoms with Gasteiger partial charge in [-0.3, -0.25) is 0 Å². The second-order valence-electron chi connectivity index (χ2n) is 11.5. The van der Waals surface area contributed by atoms with Crippen LogP contribution < -0.4 is 4.90 Å². The standard InChI is InChI=1S/C48H35N/c1-4-16-36(17-5-1)38-28-32-41(33-29-38)49(42-34-30-39(31-35-42)37-18-6-2-7-19-37)48-27-15-14-26-47(48)46-25-13-12-24-45(46)44-23-11-10-22-43(44)40-20-8-3-9-21-40/h1-35H/i28D,29D,30D,31D,32D,33D,34D,35D. The van der Waals surface area contributed by atoms with Crippen LogP contribution in [0.5, 0.6) is 0 Å². The molecule has 0 N–H and O–H groups in total. The summed E-state index contributed by atoms with van der Waals surface area (Å²) in [6, 6.07) is 48.1. The van der Waals surface area contributed by atoms with E-state index in [-0.39, 0.29) is 46.7 Å². The molecule has 1 nitrogen and oxygen atoms in total. The zero-order chi connectivity index (χ0) is 39.8. The summed E-state index contributed by atoms with van der Waals surface area (Å²) in [6.45, 7) is 0. The first-order chi connectivity index (χ1) is 27.7. The number of para-hydroxylation sites is 1. The van der Waals surface area contributed by atoms with Crippen LogP contribution >= 0.6 is 0 Å². The lowest BCUT2D eigenvalue weighted by molar-refractivity contribution is 1.28. The summed E-state index contributed by atoms with van der Waals surface area (Å²) < 4.78 is 75.0. The van der Waals surface area contributed by atoms with Crippen LogP contribution in [0.15, 0.2) is 212 Å². The predicted octanol–water partition coefficient (Wildman–Crippen LogP) is 13.5. The smallest absolute Gasteiger partial charge is 0.0645 e. The SMILES string of the molecule is [2H]c1c([2H])c(N(c2ccccc2-c2ccccc2-c2ccccc2-c2ccccc2)c2c([2H])c([2H])c(-c3ccccc3)c([2H])c2[2H])c([2H])c([2H])c1-c1ccccc1. The van der Waals surface area contributed by atoms with Gasteiger partial charge in [-0.05, 0) is 80.3 Å². The molecule has 0 aliphatic rings. The Bertz CT molecular complexity index is 2610. The van der Waals surface area contributed by atoms with Crippen molar-refractivity contribution >= 4 is 17.1 Å². The van der Waals surface area contributed by atoms with Gasteiger partial charge in [-0.25, -0.2) is 0 Å². The minimum atomic E-state index is -0.392. The molecule has 0 spiro atoms. The number of hydrogen-bond donors (Lipinski definition) is 0. The second-order valence-corrected chi connectivity index (χ2v) is 11.5. The van der Waals surface area contributed by atoms with E-state index in [2.05, 4.69) is 24.3 Å². The normalized spacial score (nSPS) is 13.1. The van der Waals surface area contributed by atoms with Gasteiger partial charge in [-0.15, -0.1) is 0 Å². The summed E-state index contributed by atoms with van der Waals surface area (Å²) in [4.78, 5) is 1.39. The van der Waals surface area contributed by atoms with Gasteiger partial charge in [0.15, 0.2) is 0 Å². The molecule has 49 heavy (non-hydrogen) atoms. The van der Waals surface area contributed by atoms with Crippen LogP contribution in [0.3, 0.4) is 0 Å². The molecule has 1 heteroatoms. The topological polar surface area (TPSA) is 3.24 Å². The molecule has 0 aliphatic carbocycles. The summed E-state index contributed by atoms with van der Waals surface area (Å²) in [5.74, 6) is 0. The van der Waals surface area contributed by atoms with E-state index in [0.717, 1.165) is 27.8 Å². The fraction of sp³-hybridized carbons (Fsp3) is 0. The third-order valence-electron chi connectivity index (χ3n) is 8.46. The van der Waals surface area contributed by atoms with E-state index in [1.165, 1.54) is 4.90 Å². The lowest BCUT2D eigenvalue weighted by atomic mass is 9.88. The molecule has 8 aromatic carbocycles. The Balaban J connectivity index is 1.45. The molecule has 0 saturated carbocycles. The molecule has 0 aliphatic heterocycles. The van der Waals surface area contributed by atoms with Gasteiger partial charge in [0.05, 0.1) is 16.7 Å². The van der Waals surface area contributed by atoms with Gasteiger partial charge in [0.1, 0.15) is 0 Å². The van der Waals surface area contributed by atoms with Crippen molar-refractivity contribution in [2.45, 2.75) is 0 Å². The van der Waals surface area contributed by atoms with Gasteiger partial charge < -0.3 is 4.90 Å². The Labute approximate surface area is 300 Å². The van der Waals surface area contributed by atoms with Crippen molar-refractivity contribution < 1.29 is 11.0 Å². The lowest BCUT2D eigenvalue weighted by Crippen LogP contribution is -2.11. The molecule has 8 rings (SSSR count). The third kappa shape index (κ3) is 6.18. The van der Waals surface area contributed by atoms with Crippen molar-refractivity contribution in [2.75, 3.05) is 4.90 Å². The minimum Gasteiger partial charge on any atom is -0.310 e. The van der Waals surface area contributed by atoms with Crippen LogP contribution in [-0.4, -0.2) is 0 Å². The maximum atomic E-state index is 9.50. The van der Waals surface area contributed by atoms with Crippen molar-refractivity contribution in [3.63, 3.8) is 0 Å². The average Bonchev–Trinajstić information content (AvgIpc) is 3.26.